The zero-order valence-corrected chi connectivity index (χ0v) is 11.8. The molecule has 1 aliphatic heterocycles. The number of amides is 1. The highest BCUT2D eigenvalue weighted by molar-refractivity contribution is 5.81. The number of primary amides is 1. The van der Waals surface area contributed by atoms with Crippen LogP contribution in [0.3, 0.4) is 0 Å². The molecule has 1 aliphatic rings. The van der Waals surface area contributed by atoms with Crippen LogP contribution in [0.1, 0.15) is 29.2 Å². The molecule has 4 heteroatoms. The Morgan fingerprint density at radius 3 is 2.74 bits per heavy atom. The minimum absolute atomic E-state index is 0.259. The zero-order valence-electron chi connectivity index (χ0n) is 11.8. The van der Waals surface area contributed by atoms with Gasteiger partial charge in [0.15, 0.2) is 0 Å². The fourth-order valence-corrected chi connectivity index (χ4v) is 2.61. The fourth-order valence-electron chi connectivity index (χ4n) is 2.61. The van der Waals surface area contributed by atoms with Crippen molar-refractivity contribution in [2.24, 2.45) is 5.73 Å². The first kappa shape index (κ1) is 14.0. The van der Waals surface area contributed by atoms with Crippen molar-refractivity contribution in [2.75, 3.05) is 26.2 Å². The maximum atomic E-state index is 11.9. The third kappa shape index (κ3) is 3.33. The Kier molecular flexibility index (Phi) is 4.56. The van der Waals surface area contributed by atoms with Crippen LogP contribution in [-0.4, -0.2) is 37.0 Å². The van der Waals surface area contributed by atoms with Crippen LogP contribution < -0.4 is 11.1 Å². The van der Waals surface area contributed by atoms with E-state index in [0.29, 0.717) is 0 Å². The van der Waals surface area contributed by atoms with Crippen molar-refractivity contribution in [3.63, 3.8) is 0 Å². The number of carbonyl (C=O) groups is 1. The molecule has 0 saturated carbocycles. The summed E-state index contributed by atoms with van der Waals surface area (Å²) in [7, 11) is 0. The second kappa shape index (κ2) is 6.17. The number of hydrogen-bond acceptors (Lipinski definition) is 3. The van der Waals surface area contributed by atoms with E-state index in [4.69, 9.17) is 5.73 Å². The maximum Gasteiger partial charge on any atom is 0.239 e. The molecule has 2 rings (SSSR count). The SMILES string of the molecule is Cc1ccc(C(C(N)=O)N2CCCNCC2)cc1C. The van der Waals surface area contributed by atoms with E-state index in [1.807, 2.05) is 6.07 Å². The molecular formula is C15H23N3O. The third-order valence-electron chi connectivity index (χ3n) is 3.86. The van der Waals surface area contributed by atoms with Crippen molar-refractivity contribution in [1.82, 2.24) is 10.2 Å². The maximum absolute atomic E-state index is 11.9. The molecule has 19 heavy (non-hydrogen) atoms. The second-order valence-electron chi connectivity index (χ2n) is 5.29. The Labute approximate surface area is 115 Å². The molecule has 3 N–H and O–H groups in total. The lowest BCUT2D eigenvalue weighted by molar-refractivity contribution is -0.123. The van der Waals surface area contributed by atoms with Crippen LogP contribution >= 0.6 is 0 Å². The summed E-state index contributed by atoms with van der Waals surface area (Å²) in [6.45, 7) is 7.84. The summed E-state index contributed by atoms with van der Waals surface area (Å²) in [6.07, 6.45) is 1.05. The van der Waals surface area contributed by atoms with Gasteiger partial charge in [-0.3, -0.25) is 9.69 Å². The standard InChI is InChI=1S/C15H23N3O/c1-11-4-5-13(10-12(11)2)14(15(16)19)18-8-3-6-17-7-9-18/h4-5,10,14,17H,3,6-9H2,1-2H3,(H2,16,19). The van der Waals surface area contributed by atoms with E-state index in [-0.39, 0.29) is 11.9 Å². The summed E-state index contributed by atoms with van der Waals surface area (Å²) in [5.41, 5.74) is 9.09. The summed E-state index contributed by atoms with van der Waals surface area (Å²) in [6, 6.07) is 5.87. The van der Waals surface area contributed by atoms with Gasteiger partial charge in [0.25, 0.3) is 0 Å². The summed E-state index contributed by atoms with van der Waals surface area (Å²) < 4.78 is 0. The lowest BCUT2D eigenvalue weighted by atomic mass is 9.99. The van der Waals surface area contributed by atoms with Crippen LogP contribution in [0, 0.1) is 13.8 Å². The highest BCUT2D eigenvalue weighted by atomic mass is 16.1. The van der Waals surface area contributed by atoms with Crippen LogP contribution in [0.25, 0.3) is 0 Å². The highest BCUT2D eigenvalue weighted by Crippen LogP contribution is 2.23. The minimum Gasteiger partial charge on any atom is -0.368 e. The van der Waals surface area contributed by atoms with E-state index in [1.165, 1.54) is 11.1 Å². The molecule has 1 saturated heterocycles. The molecule has 0 radical (unpaired) electrons. The molecule has 4 nitrogen and oxygen atoms in total. The van der Waals surface area contributed by atoms with Crippen LogP contribution in [-0.2, 0) is 4.79 Å². The zero-order chi connectivity index (χ0) is 13.8. The van der Waals surface area contributed by atoms with Crippen molar-refractivity contribution >= 4 is 5.91 Å². The van der Waals surface area contributed by atoms with Gasteiger partial charge >= 0.3 is 0 Å². The largest absolute Gasteiger partial charge is 0.368 e. The number of nitrogens with two attached hydrogens (primary N) is 1. The van der Waals surface area contributed by atoms with Gasteiger partial charge in [-0.15, -0.1) is 0 Å². The second-order valence-corrected chi connectivity index (χ2v) is 5.29. The molecule has 1 unspecified atom stereocenters. The molecular weight excluding hydrogens is 238 g/mol. The van der Waals surface area contributed by atoms with Gasteiger partial charge in [-0.2, -0.15) is 0 Å². The molecule has 1 aromatic carbocycles. The molecule has 1 amide bonds. The third-order valence-corrected chi connectivity index (χ3v) is 3.86. The van der Waals surface area contributed by atoms with E-state index in [9.17, 15) is 4.79 Å². The molecule has 1 aromatic rings. The lowest BCUT2D eigenvalue weighted by Gasteiger charge is -2.28. The van der Waals surface area contributed by atoms with Gasteiger partial charge < -0.3 is 11.1 Å². The molecule has 0 spiro atoms. The van der Waals surface area contributed by atoms with Crippen molar-refractivity contribution in [1.29, 1.82) is 0 Å². The Hall–Kier alpha value is -1.39. The number of nitrogens with zero attached hydrogens (tertiary/aromatic N) is 1. The first-order chi connectivity index (χ1) is 9.09. The van der Waals surface area contributed by atoms with Gasteiger partial charge in [0, 0.05) is 19.6 Å². The first-order valence-electron chi connectivity index (χ1n) is 6.91. The van der Waals surface area contributed by atoms with Gasteiger partial charge in [0.05, 0.1) is 0 Å². The van der Waals surface area contributed by atoms with Crippen LogP contribution in [0.2, 0.25) is 0 Å². The van der Waals surface area contributed by atoms with Crippen molar-refractivity contribution in [3.8, 4) is 0 Å². The average Bonchev–Trinajstić information content (AvgIpc) is 2.62. The minimum atomic E-state index is -0.306. The van der Waals surface area contributed by atoms with Gasteiger partial charge in [0.1, 0.15) is 6.04 Å². The predicted molar refractivity (Wildman–Crippen MR) is 76.9 cm³/mol. The molecule has 104 valence electrons. The highest BCUT2D eigenvalue weighted by Gasteiger charge is 2.26. The Bertz CT molecular complexity index is 451. The molecule has 1 heterocycles. The van der Waals surface area contributed by atoms with Gasteiger partial charge in [-0.05, 0) is 43.5 Å². The van der Waals surface area contributed by atoms with Crippen molar-refractivity contribution in [2.45, 2.75) is 26.3 Å². The molecule has 1 atom stereocenters. The summed E-state index contributed by atoms with van der Waals surface area (Å²) >= 11 is 0. The van der Waals surface area contributed by atoms with Crippen molar-refractivity contribution < 1.29 is 4.79 Å². The quantitative estimate of drug-likeness (QED) is 0.857. The number of aryl methyl sites for hydroxylation is 2. The average molecular weight is 261 g/mol. The number of carbonyl (C=O) groups excluding carboxylic acids is 1. The molecule has 0 aliphatic carbocycles. The van der Waals surface area contributed by atoms with Gasteiger partial charge in [-0.1, -0.05) is 18.2 Å². The number of benzene rings is 1. The Morgan fingerprint density at radius 1 is 1.26 bits per heavy atom. The van der Waals surface area contributed by atoms with E-state index in [2.05, 4.69) is 36.2 Å². The van der Waals surface area contributed by atoms with E-state index < -0.39 is 0 Å². The molecule has 0 aromatic heterocycles. The van der Waals surface area contributed by atoms with Gasteiger partial charge in [0.2, 0.25) is 5.91 Å². The fraction of sp³-hybridized carbons (Fsp3) is 0.533. The topological polar surface area (TPSA) is 58.4 Å². The number of rotatable bonds is 3. The van der Waals surface area contributed by atoms with E-state index >= 15 is 0 Å². The summed E-state index contributed by atoms with van der Waals surface area (Å²) in [5.74, 6) is -0.259. The van der Waals surface area contributed by atoms with Crippen molar-refractivity contribution in [3.05, 3.63) is 34.9 Å². The summed E-state index contributed by atoms with van der Waals surface area (Å²) in [5, 5.41) is 3.35. The van der Waals surface area contributed by atoms with Crippen LogP contribution in [0.4, 0.5) is 0 Å². The van der Waals surface area contributed by atoms with E-state index in [0.717, 1.165) is 38.2 Å². The Balaban J connectivity index is 2.27. The Morgan fingerprint density at radius 2 is 2.05 bits per heavy atom. The smallest absolute Gasteiger partial charge is 0.239 e. The normalized spacial score (nSPS) is 18.8. The number of nitrogens with one attached hydrogen (secondary N) is 1. The van der Waals surface area contributed by atoms with E-state index in [1.54, 1.807) is 0 Å². The number of hydrogen-bond donors (Lipinski definition) is 2. The van der Waals surface area contributed by atoms with Gasteiger partial charge in [-0.25, -0.2) is 0 Å². The van der Waals surface area contributed by atoms with Crippen LogP contribution in [0.15, 0.2) is 18.2 Å². The monoisotopic (exact) mass is 261 g/mol. The summed E-state index contributed by atoms with van der Waals surface area (Å²) in [4.78, 5) is 14.1. The lowest BCUT2D eigenvalue weighted by Crippen LogP contribution is -2.39. The van der Waals surface area contributed by atoms with Crippen LogP contribution in [0.5, 0.6) is 0 Å². The first-order valence-corrected chi connectivity index (χ1v) is 6.91. The molecule has 1 fully saturated rings. The molecule has 0 bridgehead atoms. The predicted octanol–water partition coefficient (Wildman–Crippen LogP) is 1.13.